The maximum absolute atomic E-state index is 13.0. The highest BCUT2D eigenvalue weighted by atomic mass is 19.1. The lowest BCUT2D eigenvalue weighted by molar-refractivity contribution is 0.0692. The van der Waals surface area contributed by atoms with Gasteiger partial charge in [0.1, 0.15) is 11.4 Å². The van der Waals surface area contributed by atoms with Crippen molar-refractivity contribution in [2.75, 3.05) is 13.1 Å². The molecule has 1 amide bonds. The molecule has 25 heavy (non-hydrogen) atoms. The number of rotatable bonds is 3. The Balaban J connectivity index is 1.39. The molecule has 0 saturated carbocycles. The molecule has 3 aromatic rings. The monoisotopic (exact) mass is 338 g/mol. The summed E-state index contributed by atoms with van der Waals surface area (Å²) in [5.41, 5.74) is 2.30. The number of halogens is 1. The van der Waals surface area contributed by atoms with Gasteiger partial charge in [0.15, 0.2) is 5.65 Å². The van der Waals surface area contributed by atoms with Gasteiger partial charge >= 0.3 is 0 Å². The van der Waals surface area contributed by atoms with Crippen LogP contribution in [0.25, 0.3) is 5.65 Å². The first-order chi connectivity index (χ1) is 12.2. The van der Waals surface area contributed by atoms with Gasteiger partial charge in [0.05, 0.1) is 6.20 Å². The molecule has 128 valence electrons. The van der Waals surface area contributed by atoms with Crippen molar-refractivity contribution in [2.24, 2.45) is 5.92 Å². The number of amides is 1. The van der Waals surface area contributed by atoms with Crippen LogP contribution in [0.3, 0.4) is 0 Å². The molecule has 0 radical (unpaired) electrons. The maximum Gasteiger partial charge on any atom is 0.259 e. The molecule has 0 spiro atoms. The van der Waals surface area contributed by atoms with Gasteiger partial charge in [0, 0.05) is 25.5 Å². The number of nitrogens with zero attached hydrogens (tertiary/aromatic N) is 4. The summed E-state index contributed by atoms with van der Waals surface area (Å²) in [5.74, 6) is 0.316. The van der Waals surface area contributed by atoms with E-state index in [0.717, 1.165) is 37.9 Å². The Labute approximate surface area is 145 Å². The van der Waals surface area contributed by atoms with E-state index in [2.05, 4.69) is 10.1 Å². The van der Waals surface area contributed by atoms with Gasteiger partial charge in [-0.25, -0.2) is 13.9 Å². The Morgan fingerprint density at radius 1 is 1.20 bits per heavy atom. The predicted octanol–water partition coefficient (Wildman–Crippen LogP) is 2.96. The van der Waals surface area contributed by atoms with E-state index in [-0.39, 0.29) is 11.7 Å². The molecular formula is C19H19FN4O. The molecule has 5 nitrogen and oxygen atoms in total. The molecule has 3 heterocycles. The molecule has 1 fully saturated rings. The van der Waals surface area contributed by atoms with Gasteiger partial charge in [0.2, 0.25) is 0 Å². The van der Waals surface area contributed by atoms with Gasteiger partial charge in [-0.05, 0) is 48.9 Å². The van der Waals surface area contributed by atoms with E-state index >= 15 is 0 Å². The van der Waals surface area contributed by atoms with Crippen LogP contribution in [0.15, 0.2) is 48.9 Å². The smallest absolute Gasteiger partial charge is 0.259 e. The van der Waals surface area contributed by atoms with E-state index in [1.165, 1.54) is 12.1 Å². The van der Waals surface area contributed by atoms with Crippen LogP contribution in [-0.2, 0) is 6.42 Å². The van der Waals surface area contributed by atoms with Gasteiger partial charge in [-0.15, -0.1) is 0 Å². The van der Waals surface area contributed by atoms with Crippen molar-refractivity contribution in [1.82, 2.24) is 19.5 Å². The van der Waals surface area contributed by atoms with E-state index in [4.69, 9.17) is 0 Å². The Hall–Kier alpha value is -2.76. The number of carbonyl (C=O) groups is 1. The zero-order valence-corrected chi connectivity index (χ0v) is 13.8. The minimum Gasteiger partial charge on any atom is -0.338 e. The van der Waals surface area contributed by atoms with Crippen LogP contribution in [0.4, 0.5) is 4.39 Å². The maximum atomic E-state index is 13.0. The van der Waals surface area contributed by atoms with Crippen molar-refractivity contribution < 1.29 is 9.18 Å². The Bertz CT molecular complexity index is 882. The molecule has 1 aliphatic heterocycles. The Kier molecular flexibility index (Phi) is 4.17. The van der Waals surface area contributed by atoms with Gasteiger partial charge in [0.25, 0.3) is 5.91 Å². The molecule has 1 saturated heterocycles. The fourth-order valence-electron chi connectivity index (χ4n) is 3.44. The minimum absolute atomic E-state index is 0.00562. The number of benzene rings is 1. The number of piperidine rings is 1. The van der Waals surface area contributed by atoms with Crippen LogP contribution in [0.1, 0.15) is 28.8 Å². The summed E-state index contributed by atoms with van der Waals surface area (Å²) in [6.45, 7) is 1.46. The van der Waals surface area contributed by atoms with Gasteiger partial charge in [-0.3, -0.25) is 4.79 Å². The van der Waals surface area contributed by atoms with Crippen LogP contribution in [0, 0.1) is 11.7 Å². The lowest BCUT2D eigenvalue weighted by Crippen LogP contribution is -2.38. The van der Waals surface area contributed by atoms with Crippen molar-refractivity contribution in [3.05, 3.63) is 65.9 Å². The summed E-state index contributed by atoms with van der Waals surface area (Å²) in [7, 11) is 0. The Morgan fingerprint density at radius 2 is 1.96 bits per heavy atom. The molecular weight excluding hydrogens is 319 g/mol. The van der Waals surface area contributed by atoms with Crippen molar-refractivity contribution in [3.63, 3.8) is 0 Å². The molecule has 1 aliphatic rings. The average Bonchev–Trinajstić information content (AvgIpc) is 3.08. The second-order valence-corrected chi connectivity index (χ2v) is 6.51. The molecule has 4 rings (SSSR count). The lowest BCUT2D eigenvalue weighted by Gasteiger charge is -2.32. The van der Waals surface area contributed by atoms with Gasteiger partial charge in [-0.1, -0.05) is 12.1 Å². The topological polar surface area (TPSA) is 50.5 Å². The summed E-state index contributed by atoms with van der Waals surface area (Å²) in [4.78, 5) is 18.9. The van der Waals surface area contributed by atoms with E-state index in [1.54, 1.807) is 29.2 Å². The van der Waals surface area contributed by atoms with Crippen molar-refractivity contribution in [1.29, 1.82) is 0 Å². The van der Waals surface area contributed by atoms with Crippen molar-refractivity contribution in [3.8, 4) is 0 Å². The first-order valence-electron chi connectivity index (χ1n) is 8.53. The third-order valence-corrected chi connectivity index (χ3v) is 4.85. The quantitative estimate of drug-likeness (QED) is 0.738. The Morgan fingerprint density at radius 3 is 2.72 bits per heavy atom. The van der Waals surface area contributed by atoms with Crippen LogP contribution < -0.4 is 0 Å². The molecule has 0 unspecified atom stereocenters. The molecule has 1 aromatic carbocycles. The SMILES string of the molecule is O=C(c1cnn2cccnc12)N1CCC(Cc2ccc(F)cc2)CC1. The minimum atomic E-state index is -0.203. The molecule has 0 atom stereocenters. The zero-order valence-electron chi connectivity index (χ0n) is 13.8. The third kappa shape index (κ3) is 3.24. The molecule has 0 bridgehead atoms. The van der Waals surface area contributed by atoms with Crippen LogP contribution in [-0.4, -0.2) is 38.5 Å². The summed E-state index contributed by atoms with van der Waals surface area (Å²) in [6.07, 6.45) is 7.89. The number of carbonyl (C=O) groups excluding carboxylic acids is 1. The normalized spacial score (nSPS) is 15.6. The fourth-order valence-corrected chi connectivity index (χ4v) is 3.44. The second-order valence-electron chi connectivity index (χ2n) is 6.51. The molecule has 2 aromatic heterocycles. The summed E-state index contributed by atoms with van der Waals surface area (Å²) < 4.78 is 14.6. The van der Waals surface area contributed by atoms with Crippen LogP contribution in [0.5, 0.6) is 0 Å². The number of hydrogen-bond donors (Lipinski definition) is 0. The standard InChI is InChI=1S/C19H19FN4O/c20-16-4-2-14(3-5-16)12-15-6-10-23(11-7-15)19(25)17-13-22-24-9-1-8-21-18(17)24/h1-5,8-9,13,15H,6-7,10-12H2. The highest BCUT2D eigenvalue weighted by Crippen LogP contribution is 2.23. The highest BCUT2D eigenvalue weighted by molar-refractivity contribution is 5.99. The van der Waals surface area contributed by atoms with Crippen molar-refractivity contribution >= 4 is 11.6 Å². The van der Waals surface area contributed by atoms with Crippen molar-refractivity contribution in [2.45, 2.75) is 19.3 Å². The summed E-state index contributed by atoms with van der Waals surface area (Å²) in [5, 5.41) is 4.19. The van der Waals surface area contributed by atoms with E-state index in [1.807, 2.05) is 17.0 Å². The zero-order chi connectivity index (χ0) is 17.2. The first kappa shape index (κ1) is 15.7. The predicted molar refractivity (Wildman–Crippen MR) is 91.7 cm³/mol. The summed E-state index contributed by atoms with van der Waals surface area (Å²) in [6, 6.07) is 8.49. The van der Waals surface area contributed by atoms with Gasteiger partial charge in [-0.2, -0.15) is 5.10 Å². The van der Waals surface area contributed by atoms with Crippen LogP contribution >= 0.6 is 0 Å². The lowest BCUT2D eigenvalue weighted by atomic mass is 9.90. The first-order valence-corrected chi connectivity index (χ1v) is 8.53. The highest BCUT2D eigenvalue weighted by Gasteiger charge is 2.26. The second kappa shape index (κ2) is 6.63. The molecule has 0 N–H and O–H groups in total. The van der Waals surface area contributed by atoms with E-state index in [0.29, 0.717) is 17.1 Å². The van der Waals surface area contributed by atoms with Gasteiger partial charge < -0.3 is 4.90 Å². The number of fused-ring (bicyclic) bond motifs is 1. The number of hydrogen-bond acceptors (Lipinski definition) is 3. The molecule has 6 heteroatoms. The average molecular weight is 338 g/mol. The number of aromatic nitrogens is 3. The largest absolute Gasteiger partial charge is 0.338 e. The third-order valence-electron chi connectivity index (χ3n) is 4.85. The molecule has 0 aliphatic carbocycles. The van der Waals surface area contributed by atoms with E-state index in [9.17, 15) is 9.18 Å². The number of likely N-dealkylation sites (tertiary alicyclic amines) is 1. The van der Waals surface area contributed by atoms with E-state index < -0.39 is 0 Å². The summed E-state index contributed by atoms with van der Waals surface area (Å²) >= 11 is 0. The fraction of sp³-hybridized carbons (Fsp3) is 0.316. The van der Waals surface area contributed by atoms with Crippen LogP contribution in [0.2, 0.25) is 0 Å².